The van der Waals surface area contributed by atoms with Gasteiger partial charge in [0, 0.05) is 25.6 Å². The van der Waals surface area contributed by atoms with Crippen LogP contribution in [0.3, 0.4) is 0 Å². The van der Waals surface area contributed by atoms with Gasteiger partial charge in [0.1, 0.15) is 4.83 Å². The molecule has 0 fully saturated rings. The number of anilines is 1. The summed E-state index contributed by atoms with van der Waals surface area (Å²) in [5.41, 5.74) is 4.40. The SMILES string of the molecule is CCCn1nc(NCc2ccc(S(=O)(=O)CC)cc2)c2sc3nc(C)cc(C)c3c21.[HH]. The Morgan fingerprint density at radius 1 is 1.17 bits per heavy atom. The molecule has 0 saturated carbocycles. The Balaban J connectivity index is 0.00000272. The van der Waals surface area contributed by atoms with Crippen LogP contribution < -0.4 is 5.32 Å². The highest BCUT2D eigenvalue weighted by molar-refractivity contribution is 7.91. The van der Waals surface area contributed by atoms with Gasteiger partial charge in [0.05, 0.1) is 20.9 Å². The second kappa shape index (κ2) is 8.00. The van der Waals surface area contributed by atoms with Crippen LogP contribution in [0.25, 0.3) is 20.4 Å². The molecule has 0 aliphatic carbocycles. The lowest BCUT2D eigenvalue weighted by Gasteiger charge is -2.06. The average molecular weight is 445 g/mol. The van der Waals surface area contributed by atoms with Crippen LogP contribution >= 0.6 is 11.3 Å². The van der Waals surface area contributed by atoms with Gasteiger partial charge in [-0.2, -0.15) is 5.10 Å². The third-order valence-electron chi connectivity index (χ3n) is 5.21. The first-order chi connectivity index (χ1) is 14.3. The Bertz CT molecular complexity index is 1330. The first kappa shape index (κ1) is 20.8. The fourth-order valence-electron chi connectivity index (χ4n) is 3.70. The van der Waals surface area contributed by atoms with E-state index >= 15 is 0 Å². The van der Waals surface area contributed by atoms with E-state index in [1.165, 1.54) is 10.9 Å². The van der Waals surface area contributed by atoms with Crippen molar-refractivity contribution in [1.29, 1.82) is 0 Å². The van der Waals surface area contributed by atoms with E-state index in [1.54, 1.807) is 30.4 Å². The van der Waals surface area contributed by atoms with E-state index in [0.29, 0.717) is 11.4 Å². The van der Waals surface area contributed by atoms with Crippen LogP contribution in [0.2, 0.25) is 0 Å². The number of nitrogens with zero attached hydrogens (tertiary/aromatic N) is 3. The van der Waals surface area contributed by atoms with E-state index in [1.807, 2.05) is 19.1 Å². The summed E-state index contributed by atoms with van der Waals surface area (Å²) in [6.45, 7) is 9.38. The van der Waals surface area contributed by atoms with Crippen molar-refractivity contribution in [2.45, 2.75) is 52.1 Å². The van der Waals surface area contributed by atoms with Crippen molar-refractivity contribution in [3.63, 3.8) is 0 Å². The molecule has 0 amide bonds. The number of thiophene rings is 1. The number of rotatable bonds is 7. The molecule has 3 heterocycles. The van der Waals surface area contributed by atoms with Crippen molar-refractivity contribution < 1.29 is 9.84 Å². The van der Waals surface area contributed by atoms with Crippen molar-refractivity contribution >= 4 is 47.4 Å². The van der Waals surface area contributed by atoms with Gasteiger partial charge in [0.15, 0.2) is 15.7 Å². The highest BCUT2D eigenvalue weighted by Crippen LogP contribution is 2.39. The van der Waals surface area contributed by atoms with Gasteiger partial charge in [0.2, 0.25) is 0 Å². The Kier molecular flexibility index (Phi) is 5.55. The topological polar surface area (TPSA) is 76.9 Å². The summed E-state index contributed by atoms with van der Waals surface area (Å²) in [7, 11) is -3.18. The molecule has 8 heteroatoms. The lowest BCUT2D eigenvalue weighted by molar-refractivity contribution is 0.597. The zero-order valence-corrected chi connectivity index (χ0v) is 19.3. The van der Waals surface area contributed by atoms with E-state index in [-0.39, 0.29) is 7.18 Å². The van der Waals surface area contributed by atoms with Gasteiger partial charge in [-0.25, -0.2) is 13.4 Å². The third kappa shape index (κ3) is 3.70. The van der Waals surface area contributed by atoms with Crippen LogP contribution in [0.1, 0.15) is 38.5 Å². The second-order valence-corrected chi connectivity index (χ2v) is 10.8. The molecule has 3 aromatic heterocycles. The molecule has 160 valence electrons. The molecular weight excluding hydrogens is 416 g/mol. The zero-order valence-electron chi connectivity index (χ0n) is 17.7. The number of sulfone groups is 1. The van der Waals surface area contributed by atoms with Gasteiger partial charge in [0.25, 0.3) is 0 Å². The van der Waals surface area contributed by atoms with Crippen molar-refractivity contribution in [3.8, 4) is 0 Å². The van der Waals surface area contributed by atoms with Gasteiger partial charge in [-0.15, -0.1) is 11.3 Å². The van der Waals surface area contributed by atoms with Crippen molar-refractivity contribution in [1.82, 2.24) is 14.8 Å². The van der Waals surface area contributed by atoms with Gasteiger partial charge in [-0.05, 0) is 49.6 Å². The summed E-state index contributed by atoms with van der Waals surface area (Å²) >= 11 is 1.67. The number of hydrogen-bond acceptors (Lipinski definition) is 6. The number of pyridine rings is 1. The van der Waals surface area contributed by atoms with Crippen LogP contribution in [0.15, 0.2) is 35.2 Å². The zero-order chi connectivity index (χ0) is 21.5. The van der Waals surface area contributed by atoms with Gasteiger partial charge in [-0.1, -0.05) is 26.0 Å². The van der Waals surface area contributed by atoms with Gasteiger partial charge in [-0.3, -0.25) is 4.68 Å². The van der Waals surface area contributed by atoms with Crippen molar-refractivity contribution in [3.05, 3.63) is 47.2 Å². The maximum absolute atomic E-state index is 12.0. The molecule has 4 aromatic rings. The maximum Gasteiger partial charge on any atom is 0.178 e. The molecule has 1 N–H and O–H groups in total. The number of nitrogens with one attached hydrogen (secondary N) is 1. The molecule has 30 heavy (non-hydrogen) atoms. The molecule has 0 unspecified atom stereocenters. The summed E-state index contributed by atoms with van der Waals surface area (Å²) in [4.78, 5) is 6.15. The minimum atomic E-state index is -3.18. The van der Waals surface area contributed by atoms with Crippen molar-refractivity contribution in [2.24, 2.45) is 0 Å². The highest BCUT2D eigenvalue weighted by Gasteiger charge is 2.19. The maximum atomic E-state index is 12.0. The van der Waals surface area contributed by atoms with E-state index in [2.05, 4.69) is 29.9 Å². The smallest absolute Gasteiger partial charge is 0.178 e. The summed E-state index contributed by atoms with van der Waals surface area (Å²) < 4.78 is 27.2. The molecule has 6 nitrogen and oxygen atoms in total. The van der Waals surface area contributed by atoms with E-state index in [4.69, 9.17) is 10.1 Å². The molecule has 0 spiro atoms. The number of fused-ring (bicyclic) bond motifs is 3. The fourth-order valence-corrected chi connectivity index (χ4v) is 5.84. The largest absolute Gasteiger partial charge is 0.363 e. The Morgan fingerprint density at radius 3 is 2.57 bits per heavy atom. The number of aromatic nitrogens is 3. The molecule has 0 saturated heterocycles. The standard InChI is InChI=1S/C22H26N4O2S2.H2/c1-5-11-26-19-18-14(3)12-15(4)24-22(18)29-20(19)21(25-26)23-13-16-7-9-17(10-8-16)30(27,28)6-2;/h7-10,12H,5-6,11,13H2,1-4H3,(H,23,25);1H. The number of benzene rings is 1. The first-order valence-corrected chi connectivity index (χ1v) is 12.6. The lowest BCUT2D eigenvalue weighted by Crippen LogP contribution is -2.05. The van der Waals surface area contributed by atoms with Crippen LogP contribution in [-0.2, 0) is 22.9 Å². The average Bonchev–Trinajstić information content (AvgIpc) is 3.24. The summed E-state index contributed by atoms with van der Waals surface area (Å²) in [5, 5.41) is 9.47. The van der Waals surface area contributed by atoms with Crippen molar-refractivity contribution in [2.75, 3.05) is 11.1 Å². The van der Waals surface area contributed by atoms with E-state index in [0.717, 1.165) is 45.1 Å². The molecule has 0 radical (unpaired) electrons. The molecule has 4 rings (SSSR count). The Morgan fingerprint density at radius 2 is 1.90 bits per heavy atom. The lowest BCUT2D eigenvalue weighted by atomic mass is 10.1. The molecular formula is C22H28N4O2S2. The van der Waals surface area contributed by atoms with Crippen LogP contribution in [0.5, 0.6) is 0 Å². The monoisotopic (exact) mass is 444 g/mol. The van der Waals surface area contributed by atoms with Gasteiger partial charge >= 0.3 is 0 Å². The normalized spacial score (nSPS) is 12.1. The minimum absolute atomic E-state index is 0. The van der Waals surface area contributed by atoms with E-state index in [9.17, 15) is 8.42 Å². The molecule has 0 aliphatic rings. The summed E-state index contributed by atoms with van der Waals surface area (Å²) in [5.74, 6) is 0.958. The number of aryl methyl sites for hydroxylation is 3. The fraction of sp³-hybridized carbons (Fsp3) is 0.364. The Labute approximate surface area is 182 Å². The minimum Gasteiger partial charge on any atom is -0.363 e. The number of hydrogen-bond donors (Lipinski definition) is 1. The van der Waals surface area contributed by atoms with Crippen LogP contribution in [-0.4, -0.2) is 28.9 Å². The molecule has 0 bridgehead atoms. The predicted molar refractivity (Wildman–Crippen MR) is 126 cm³/mol. The van der Waals surface area contributed by atoms with Crippen LogP contribution in [0, 0.1) is 13.8 Å². The second-order valence-electron chi connectivity index (χ2n) is 7.51. The van der Waals surface area contributed by atoms with Crippen LogP contribution in [0.4, 0.5) is 5.82 Å². The van der Waals surface area contributed by atoms with E-state index < -0.39 is 9.84 Å². The molecule has 0 aliphatic heterocycles. The molecule has 1 aromatic carbocycles. The van der Waals surface area contributed by atoms with Gasteiger partial charge < -0.3 is 5.32 Å². The highest BCUT2D eigenvalue weighted by atomic mass is 32.2. The quantitative estimate of drug-likeness (QED) is 0.417. The third-order valence-corrected chi connectivity index (χ3v) is 8.04. The first-order valence-electron chi connectivity index (χ1n) is 10.2. The molecule has 0 atom stereocenters. The Hall–Kier alpha value is -2.45. The summed E-state index contributed by atoms with van der Waals surface area (Å²) in [6.07, 6.45) is 0.999. The summed E-state index contributed by atoms with van der Waals surface area (Å²) in [6, 6.07) is 9.19. The predicted octanol–water partition coefficient (Wildman–Crippen LogP) is 5.32.